The SMILES string of the molecule is CC1CCCC1Nc1ccc2c(c1)OCCO2. The molecule has 1 heterocycles. The van der Waals surface area contributed by atoms with Crippen molar-refractivity contribution < 1.29 is 9.47 Å². The number of nitrogens with one attached hydrogen (secondary N) is 1. The third-order valence-electron chi connectivity index (χ3n) is 3.76. The van der Waals surface area contributed by atoms with Gasteiger partial charge in [0.2, 0.25) is 0 Å². The van der Waals surface area contributed by atoms with Crippen LogP contribution in [0.1, 0.15) is 26.2 Å². The molecule has 2 unspecified atom stereocenters. The van der Waals surface area contributed by atoms with Crippen molar-refractivity contribution in [2.75, 3.05) is 18.5 Å². The van der Waals surface area contributed by atoms with Crippen molar-refractivity contribution >= 4 is 5.69 Å². The molecule has 0 amide bonds. The van der Waals surface area contributed by atoms with E-state index in [9.17, 15) is 0 Å². The summed E-state index contributed by atoms with van der Waals surface area (Å²) in [6, 6.07) is 6.74. The van der Waals surface area contributed by atoms with Crippen LogP contribution in [0.25, 0.3) is 0 Å². The topological polar surface area (TPSA) is 30.5 Å². The number of hydrogen-bond donors (Lipinski definition) is 1. The van der Waals surface area contributed by atoms with E-state index >= 15 is 0 Å². The van der Waals surface area contributed by atoms with Gasteiger partial charge in [-0.25, -0.2) is 0 Å². The zero-order valence-corrected chi connectivity index (χ0v) is 10.2. The van der Waals surface area contributed by atoms with Gasteiger partial charge in [0.1, 0.15) is 13.2 Å². The van der Waals surface area contributed by atoms with Gasteiger partial charge >= 0.3 is 0 Å². The number of anilines is 1. The van der Waals surface area contributed by atoms with Crippen LogP contribution >= 0.6 is 0 Å². The van der Waals surface area contributed by atoms with Crippen LogP contribution in [0.5, 0.6) is 11.5 Å². The van der Waals surface area contributed by atoms with Crippen molar-refractivity contribution in [2.45, 2.75) is 32.2 Å². The van der Waals surface area contributed by atoms with Crippen molar-refractivity contribution in [3.8, 4) is 11.5 Å². The highest BCUT2D eigenvalue weighted by molar-refractivity contribution is 5.55. The quantitative estimate of drug-likeness (QED) is 0.851. The molecule has 3 rings (SSSR count). The van der Waals surface area contributed by atoms with Crippen LogP contribution < -0.4 is 14.8 Å². The second kappa shape index (κ2) is 4.47. The second-order valence-electron chi connectivity index (χ2n) is 5.02. The molecule has 1 aromatic rings. The lowest BCUT2D eigenvalue weighted by atomic mass is 10.1. The van der Waals surface area contributed by atoms with Crippen LogP contribution in [0.4, 0.5) is 5.69 Å². The number of fused-ring (bicyclic) bond motifs is 1. The third-order valence-corrected chi connectivity index (χ3v) is 3.76. The molecule has 0 saturated heterocycles. The van der Waals surface area contributed by atoms with E-state index in [0.717, 1.165) is 23.1 Å². The predicted molar refractivity (Wildman–Crippen MR) is 67.9 cm³/mol. The Morgan fingerprint density at radius 1 is 1.12 bits per heavy atom. The predicted octanol–water partition coefficient (Wildman–Crippen LogP) is 3.06. The molecule has 0 aromatic heterocycles. The summed E-state index contributed by atoms with van der Waals surface area (Å²) in [6.07, 6.45) is 3.95. The summed E-state index contributed by atoms with van der Waals surface area (Å²) in [6.45, 7) is 3.62. The first-order chi connectivity index (χ1) is 8.33. The van der Waals surface area contributed by atoms with Crippen LogP contribution in [0.2, 0.25) is 0 Å². The molecule has 1 aliphatic carbocycles. The van der Waals surface area contributed by atoms with Gasteiger partial charge in [0.15, 0.2) is 11.5 Å². The van der Waals surface area contributed by atoms with Gasteiger partial charge in [0, 0.05) is 17.8 Å². The first kappa shape index (κ1) is 10.8. The summed E-state index contributed by atoms with van der Waals surface area (Å²) >= 11 is 0. The number of ether oxygens (including phenoxy) is 2. The van der Waals surface area contributed by atoms with E-state index in [1.807, 2.05) is 6.07 Å². The first-order valence-electron chi connectivity index (χ1n) is 6.49. The maximum Gasteiger partial charge on any atom is 0.163 e. The van der Waals surface area contributed by atoms with Gasteiger partial charge in [-0.2, -0.15) is 0 Å². The normalized spacial score (nSPS) is 26.9. The lowest BCUT2D eigenvalue weighted by Crippen LogP contribution is -2.22. The Morgan fingerprint density at radius 2 is 1.94 bits per heavy atom. The first-order valence-corrected chi connectivity index (χ1v) is 6.49. The lowest BCUT2D eigenvalue weighted by molar-refractivity contribution is 0.171. The fourth-order valence-electron chi connectivity index (χ4n) is 2.71. The summed E-state index contributed by atoms with van der Waals surface area (Å²) in [5.41, 5.74) is 1.15. The Kier molecular flexibility index (Phi) is 2.83. The fourth-order valence-corrected chi connectivity index (χ4v) is 2.71. The maximum atomic E-state index is 5.59. The average Bonchev–Trinajstić information content (AvgIpc) is 2.75. The smallest absolute Gasteiger partial charge is 0.163 e. The van der Waals surface area contributed by atoms with Crippen molar-refractivity contribution in [3.63, 3.8) is 0 Å². The molecule has 3 nitrogen and oxygen atoms in total. The van der Waals surface area contributed by atoms with Gasteiger partial charge in [-0.05, 0) is 30.9 Å². The summed E-state index contributed by atoms with van der Waals surface area (Å²) in [7, 11) is 0. The zero-order chi connectivity index (χ0) is 11.7. The van der Waals surface area contributed by atoms with Gasteiger partial charge in [-0.15, -0.1) is 0 Å². The van der Waals surface area contributed by atoms with E-state index in [1.165, 1.54) is 19.3 Å². The summed E-state index contributed by atoms with van der Waals surface area (Å²) in [5, 5.41) is 3.61. The highest BCUT2D eigenvalue weighted by Gasteiger charge is 2.23. The zero-order valence-electron chi connectivity index (χ0n) is 10.2. The molecule has 0 radical (unpaired) electrons. The molecule has 0 bridgehead atoms. The minimum absolute atomic E-state index is 0.609. The van der Waals surface area contributed by atoms with Crippen molar-refractivity contribution in [1.82, 2.24) is 0 Å². The van der Waals surface area contributed by atoms with E-state index in [4.69, 9.17) is 9.47 Å². The molecule has 2 aliphatic rings. The largest absolute Gasteiger partial charge is 0.486 e. The average molecular weight is 233 g/mol. The van der Waals surface area contributed by atoms with Crippen molar-refractivity contribution in [1.29, 1.82) is 0 Å². The molecule has 1 N–H and O–H groups in total. The van der Waals surface area contributed by atoms with Crippen molar-refractivity contribution in [2.24, 2.45) is 5.92 Å². The lowest BCUT2D eigenvalue weighted by Gasteiger charge is -2.22. The van der Waals surface area contributed by atoms with Gasteiger partial charge in [0.25, 0.3) is 0 Å². The van der Waals surface area contributed by atoms with Gasteiger partial charge in [-0.1, -0.05) is 13.3 Å². The highest BCUT2D eigenvalue weighted by atomic mass is 16.6. The van der Waals surface area contributed by atoms with E-state index in [1.54, 1.807) is 0 Å². The van der Waals surface area contributed by atoms with Gasteiger partial charge < -0.3 is 14.8 Å². The number of hydrogen-bond acceptors (Lipinski definition) is 3. The number of benzene rings is 1. The fraction of sp³-hybridized carbons (Fsp3) is 0.571. The van der Waals surface area contributed by atoms with Crippen LogP contribution in [-0.2, 0) is 0 Å². The third kappa shape index (κ3) is 2.19. The summed E-state index contributed by atoms with van der Waals surface area (Å²) in [5.74, 6) is 2.50. The molecule has 1 fully saturated rings. The summed E-state index contributed by atoms with van der Waals surface area (Å²) in [4.78, 5) is 0. The monoisotopic (exact) mass is 233 g/mol. The van der Waals surface area contributed by atoms with Crippen LogP contribution in [0, 0.1) is 5.92 Å². The summed E-state index contributed by atoms with van der Waals surface area (Å²) < 4.78 is 11.1. The minimum Gasteiger partial charge on any atom is -0.486 e. The molecular formula is C14H19NO2. The maximum absolute atomic E-state index is 5.59. The van der Waals surface area contributed by atoms with E-state index in [-0.39, 0.29) is 0 Å². The van der Waals surface area contributed by atoms with Crippen LogP contribution in [0.15, 0.2) is 18.2 Å². The molecule has 1 aliphatic heterocycles. The standard InChI is InChI=1S/C14H19NO2/c1-10-3-2-4-12(10)15-11-5-6-13-14(9-11)17-8-7-16-13/h5-6,9-10,12,15H,2-4,7-8H2,1H3. The Balaban J connectivity index is 1.75. The Morgan fingerprint density at radius 3 is 2.71 bits per heavy atom. The molecule has 3 heteroatoms. The molecule has 1 aromatic carbocycles. The van der Waals surface area contributed by atoms with Gasteiger partial charge in [0.05, 0.1) is 0 Å². The molecular weight excluding hydrogens is 214 g/mol. The van der Waals surface area contributed by atoms with E-state index in [0.29, 0.717) is 19.3 Å². The van der Waals surface area contributed by atoms with Crippen LogP contribution in [-0.4, -0.2) is 19.3 Å². The highest BCUT2D eigenvalue weighted by Crippen LogP contribution is 2.34. The van der Waals surface area contributed by atoms with Crippen molar-refractivity contribution in [3.05, 3.63) is 18.2 Å². The number of rotatable bonds is 2. The van der Waals surface area contributed by atoms with E-state index < -0.39 is 0 Å². The molecule has 17 heavy (non-hydrogen) atoms. The second-order valence-corrected chi connectivity index (χ2v) is 5.02. The minimum atomic E-state index is 0.609. The van der Waals surface area contributed by atoms with Gasteiger partial charge in [-0.3, -0.25) is 0 Å². The molecule has 0 spiro atoms. The molecule has 92 valence electrons. The molecule has 1 saturated carbocycles. The van der Waals surface area contributed by atoms with Crippen LogP contribution in [0.3, 0.4) is 0 Å². The Bertz CT molecular complexity index is 405. The van der Waals surface area contributed by atoms with E-state index in [2.05, 4.69) is 24.4 Å². The Hall–Kier alpha value is -1.38. The Labute approximate surface area is 102 Å². The molecule has 2 atom stereocenters.